The average molecular weight is 395 g/mol. The Labute approximate surface area is 167 Å². The first kappa shape index (κ1) is 20.1. The van der Waals surface area contributed by atoms with Crippen molar-refractivity contribution in [2.24, 2.45) is 0 Å². The van der Waals surface area contributed by atoms with Crippen LogP contribution in [0.25, 0.3) is 0 Å². The molecule has 0 aliphatic carbocycles. The third-order valence-electron chi connectivity index (χ3n) is 4.42. The highest BCUT2D eigenvalue weighted by Crippen LogP contribution is 2.29. The molecular weight excluding hydrogens is 374 g/mol. The lowest BCUT2D eigenvalue weighted by atomic mass is 10.0. The van der Waals surface area contributed by atoms with Crippen molar-refractivity contribution in [2.75, 3.05) is 12.4 Å². The van der Waals surface area contributed by atoms with Crippen LogP contribution in [0.1, 0.15) is 24.3 Å². The fourth-order valence-corrected chi connectivity index (χ4v) is 2.92. The van der Waals surface area contributed by atoms with Crippen LogP contribution in [0.4, 0.5) is 11.4 Å². The van der Waals surface area contributed by atoms with Crippen LogP contribution in [0.3, 0.4) is 0 Å². The van der Waals surface area contributed by atoms with Crippen molar-refractivity contribution in [3.63, 3.8) is 0 Å². The summed E-state index contributed by atoms with van der Waals surface area (Å²) in [6.07, 6.45) is 1.58. The molecule has 0 spiro atoms. The van der Waals surface area contributed by atoms with Crippen molar-refractivity contribution in [3.05, 3.63) is 88.4 Å². The van der Waals surface area contributed by atoms with Gasteiger partial charge in [-0.25, -0.2) is 0 Å². The van der Waals surface area contributed by atoms with Gasteiger partial charge in [-0.3, -0.25) is 20.2 Å². The molecule has 0 aliphatic heterocycles. The fraction of sp³-hybridized carbons (Fsp3) is 0.190. The molecule has 0 fully saturated rings. The molecule has 0 aliphatic rings. The number of nitrogens with zero attached hydrogens (tertiary/aromatic N) is 1. The molecule has 0 saturated heterocycles. The number of ether oxygens (including phenoxy) is 1. The largest absolute Gasteiger partial charge is 0.495 e. The van der Waals surface area contributed by atoms with Crippen LogP contribution in [0.15, 0.2) is 71.3 Å². The van der Waals surface area contributed by atoms with Crippen LogP contribution in [0, 0.1) is 10.1 Å². The topological polar surface area (TPSA) is 107 Å². The number of nitrogens with one attached hydrogen (secondary N) is 2. The van der Waals surface area contributed by atoms with E-state index in [1.165, 1.54) is 25.3 Å². The Bertz CT molecular complexity index is 973. The molecule has 0 unspecified atom stereocenters. The average Bonchev–Trinajstić information content (AvgIpc) is 3.26. The number of nitro benzene ring substituents is 1. The zero-order chi connectivity index (χ0) is 20.8. The zero-order valence-corrected chi connectivity index (χ0v) is 16.0. The molecule has 2 atom stereocenters. The Morgan fingerprint density at radius 1 is 1.14 bits per heavy atom. The van der Waals surface area contributed by atoms with E-state index >= 15 is 0 Å². The van der Waals surface area contributed by atoms with Gasteiger partial charge in [0.05, 0.1) is 36.1 Å². The summed E-state index contributed by atoms with van der Waals surface area (Å²) in [6.45, 7) is 1.71. The van der Waals surface area contributed by atoms with E-state index in [1.807, 2.05) is 36.4 Å². The molecule has 0 saturated carbocycles. The summed E-state index contributed by atoms with van der Waals surface area (Å²) in [5, 5.41) is 17.0. The Hall–Kier alpha value is -3.65. The van der Waals surface area contributed by atoms with Crippen molar-refractivity contribution >= 4 is 17.3 Å². The molecule has 150 valence electrons. The minimum atomic E-state index is -0.630. The quantitative estimate of drug-likeness (QED) is 0.442. The van der Waals surface area contributed by atoms with E-state index in [-0.39, 0.29) is 23.3 Å². The van der Waals surface area contributed by atoms with Crippen LogP contribution in [0.2, 0.25) is 0 Å². The first-order valence-corrected chi connectivity index (χ1v) is 8.97. The first-order valence-electron chi connectivity index (χ1n) is 8.97. The smallest absolute Gasteiger partial charge is 0.271 e. The van der Waals surface area contributed by atoms with Gasteiger partial charge in [0.2, 0.25) is 5.91 Å². The third kappa shape index (κ3) is 4.80. The lowest BCUT2D eigenvalue weighted by molar-refractivity contribution is -0.384. The second kappa shape index (κ2) is 9.03. The van der Waals surface area contributed by atoms with E-state index in [4.69, 9.17) is 9.15 Å². The van der Waals surface area contributed by atoms with Gasteiger partial charge in [0.1, 0.15) is 11.5 Å². The Kier molecular flexibility index (Phi) is 6.25. The number of amides is 1. The molecule has 2 N–H and O–H groups in total. The molecule has 29 heavy (non-hydrogen) atoms. The van der Waals surface area contributed by atoms with Crippen molar-refractivity contribution in [1.29, 1.82) is 0 Å². The van der Waals surface area contributed by atoms with E-state index in [2.05, 4.69) is 10.6 Å². The van der Waals surface area contributed by atoms with Crippen LogP contribution < -0.4 is 15.4 Å². The number of carbonyl (C=O) groups is 1. The zero-order valence-electron chi connectivity index (χ0n) is 16.0. The number of benzene rings is 2. The minimum Gasteiger partial charge on any atom is -0.495 e. The van der Waals surface area contributed by atoms with Crippen LogP contribution in [-0.2, 0) is 4.79 Å². The summed E-state index contributed by atoms with van der Waals surface area (Å²) in [6, 6.07) is 16.3. The maximum atomic E-state index is 12.8. The molecule has 1 aromatic heterocycles. The van der Waals surface area contributed by atoms with E-state index < -0.39 is 11.0 Å². The first-order chi connectivity index (χ1) is 14.0. The van der Waals surface area contributed by atoms with Crippen LogP contribution in [0.5, 0.6) is 5.75 Å². The number of rotatable bonds is 8. The summed E-state index contributed by atoms with van der Waals surface area (Å²) in [5.74, 6) is 0.641. The SMILES string of the molecule is COc1ccc([N+](=O)[O-])cc1NC(=O)[C@@H](C)N[C@@H](c1ccccc1)c1ccco1. The molecule has 0 bridgehead atoms. The maximum absolute atomic E-state index is 12.8. The fourth-order valence-electron chi connectivity index (χ4n) is 2.92. The Morgan fingerprint density at radius 3 is 2.52 bits per heavy atom. The number of nitro groups is 1. The van der Waals surface area contributed by atoms with Gasteiger partial charge in [-0.15, -0.1) is 0 Å². The molecule has 1 heterocycles. The van der Waals surface area contributed by atoms with Crippen molar-refractivity contribution < 1.29 is 18.9 Å². The van der Waals surface area contributed by atoms with E-state index in [0.29, 0.717) is 11.5 Å². The summed E-state index contributed by atoms with van der Waals surface area (Å²) in [5.41, 5.74) is 1.03. The number of carbonyl (C=O) groups excluding carboxylic acids is 1. The highest BCUT2D eigenvalue weighted by atomic mass is 16.6. The van der Waals surface area contributed by atoms with Gasteiger partial charge in [0.25, 0.3) is 5.69 Å². The van der Waals surface area contributed by atoms with Crippen LogP contribution >= 0.6 is 0 Å². The van der Waals surface area contributed by atoms with Crippen molar-refractivity contribution in [2.45, 2.75) is 19.0 Å². The monoisotopic (exact) mass is 395 g/mol. The van der Waals surface area contributed by atoms with E-state index in [0.717, 1.165) is 5.56 Å². The lowest BCUT2D eigenvalue weighted by Gasteiger charge is -2.22. The van der Waals surface area contributed by atoms with Gasteiger partial charge < -0.3 is 14.5 Å². The number of anilines is 1. The summed E-state index contributed by atoms with van der Waals surface area (Å²) in [4.78, 5) is 23.3. The molecule has 3 aromatic rings. The van der Waals surface area contributed by atoms with Gasteiger partial charge in [-0.1, -0.05) is 30.3 Å². The number of hydrogen-bond acceptors (Lipinski definition) is 6. The number of hydrogen-bond donors (Lipinski definition) is 2. The van der Waals surface area contributed by atoms with Gasteiger partial charge in [-0.2, -0.15) is 0 Å². The Morgan fingerprint density at radius 2 is 1.90 bits per heavy atom. The molecule has 8 nitrogen and oxygen atoms in total. The van der Waals surface area contributed by atoms with Gasteiger partial charge in [-0.05, 0) is 30.7 Å². The second-order valence-corrected chi connectivity index (χ2v) is 6.38. The molecule has 8 heteroatoms. The van der Waals surface area contributed by atoms with Gasteiger partial charge >= 0.3 is 0 Å². The summed E-state index contributed by atoms with van der Waals surface area (Å²) < 4.78 is 10.7. The van der Waals surface area contributed by atoms with Gasteiger partial charge in [0.15, 0.2) is 0 Å². The third-order valence-corrected chi connectivity index (χ3v) is 4.42. The highest BCUT2D eigenvalue weighted by molar-refractivity contribution is 5.96. The lowest BCUT2D eigenvalue weighted by Crippen LogP contribution is -2.40. The summed E-state index contributed by atoms with van der Waals surface area (Å²) in [7, 11) is 1.43. The standard InChI is InChI=1S/C21H21N3O5/c1-14(21(25)23-17-13-16(24(26)27)10-11-18(17)28-2)22-20(19-9-6-12-29-19)15-7-4-3-5-8-15/h3-14,20,22H,1-2H3,(H,23,25)/t14-,20+/m1/s1. The van der Waals surface area contributed by atoms with E-state index in [9.17, 15) is 14.9 Å². The Balaban J connectivity index is 1.79. The highest BCUT2D eigenvalue weighted by Gasteiger charge is 2.24. The maximum Gasteiger partial charge on any atom is 0.271 e. The molecule has 1 amide bonds. The van der Waals surface area contributed by atoms with Crippen LogP contribution in [-0.4, -0.2) is 24.0 Å². The number of methoxy groups -OCH3 is 1. The van der Waals surface area contributed by atoms with Crippen molar-refractivity contribution in [1.82, 2.24) is 5.32 Å². The summed E-state index contributed by atoms with van der Waals surface area (Å²) >= 11 is 0. The molecule has 2 aromatic carbocycles. The number of furan rings is 1. The predicted octanol–water partition coefficient (Wildman–Crippen LogP) is 3.90. The van der Waals surface area contributed by atoms with Gasteiger partial charge in [0, 0.05) is 12.1 Å². The molecule has 3 rings (SSSR count). The molecule has 0 radical (unpaired) electrons. The predicted molar refractivity (Wildman–Crippen MR) is 108 cm³/mol. The van der Waals surface area contributed by atoms with E-state index in [1.54, 1.807) is 19.3 Å². The van der Waals surface area contributed by atoms with Crippen molar-refractivity contribution in [3.8, 4) is 5.75 Å². The number of non-ortho nitro benzene ring substituents is 1. The second-order valence-electron chi connectivity index (χ2n) is 6.38. The normalized spacial score (nSPS) is 12.8. The minimum absolute atomic E-state index is 0.139. The molecular formula is C21H21N3O5.